The van der Waals surface area contributed by atoms with Crippen molar-refractivity contribution in [2.24, 2.45) is 0 Å². The first-order valence-electron chi connectivity index (χ1n) is 10.4. The highest BCUT2D eigenvalue weighted by Crippen LogP contribution is 2.41. The number of nitrogens with zero attached hydrogens (tertiary/aromatic N) is 4. The molecule has 0 atom stereocenters. The van der Waals surface area contributed by atoms with Gasteiger partial charge in [0.1, 0.15) is 5.82 Å². The van der Waals surface area contributed by atoms with Crippen molar-refractivity contribution < 1.29 is 0 Å². The standard InChI is InChI=1S/C24H28N4/c1-26-16-17-28-22(21-10-6-3-7-11-21)18-25-23(28)24(26)12-14-27(15-13-24)19-20-8-4-2-5-9-20/h2-11,18H,12-17,19H2,1H3. The smallest absolute Gasteiger partial charge is 0.129 e. The van der Waals surface area contributed by atoms with Crippen LogP contribution in [0.25, 0.3) is 11.3 Å². The molecule has 3 heterocycles. The second-order valence-corrected chi connectivity index (χ2v) is 8.20. The molecular formula is C24H28N4. The van der Waals surface area contributed by atoms with Crippen molar-refractivity contribution in [2.45, 2.75) is 31.5 Å². The number of rotatable bonds is 3. The van der Waals surface area contributed by atoms with Gasteiger partial charge in [-0.25, -0.2) is 4.98 Å². The summed E-state index contributed by atoms with van der Waals surface area (Å²) in [6.07, 6.45) is 4.37. The number of aromatic nitrogens is 2. The number of piperidine rings is 1. The predicted molar refractivity (Wildman–Crippen MR) is 113 cm³/mol. The molecular weight excluding hydrogens is 344 g/mol. The second-order valence-electron chi connectivity index (χ2n) is 8.20. The minimum absolute atomic E-state index is 0.0679. The molecule has 4 heteroatoms. The van der Waals surface area contributed by atoms with Crippen LogP contribution in [-0.4, -0.2) is 46.0 Å². The highest BCUT2D eigenvalue weighted by Gasteiger charge is 2.45. The van der Waals surface area contributed by atoms with Crippen LogP contribution in [0.15, 0.2) is 66.9 Å². The van der Waals surface area contributed by atoms with Crippen LogP contribution >= 0.6 is 0 Å². The van der Waals surface area contributed by atoms with E-state index >= 15 is 0 Å². The fourth-order valence-corrected chi connectivity index (χ4v) is 4.98. The zero-order chi connectivity index (χ0) is 19.0. The summed E-state index contributed by atoms with van der Waals surface area (Å²) >= 11 is 0. The van der Waals surface area contributed by atoms with Gasteiger partial charge >= 0.3 is 0 Å². The average Bonchev–Trinajstić information content (AvgIpc) is 3.19. The SMILES string of the molecule is CN1CCn2c(-c3ccccc3)cnc2C12CCN(Cc1ccccc1)CC2. The van der Waals surface area contributed by atoms with E-state index in [1.807, 2.05) is 0 Å². The van der Waals surface area contributed by atoms with E-state index in [1.54, 1.807) is 0 Å². The molecule has 3 aromatic rings. The van der Waals surface area contributed by atoms with Gasteiger partial charge in [-0.1, -0.05) is 60.7 Å². The molecule has 0 aliphatic carbocycles. The number of benzene rings is 2. The first kappa shape index (κ1) is 17.7. The molecule has 28 heavy (non-hydrogen) atoms. The van der Waals surface area contributed by atoms with Crippen molar-refractivity contribution in [3.8, 4) is 11.3 Å². The number of likely N-dealkylation sites (N-methyl/N-ethyl adjacent to an activating group) is 1. The second kappa shape index (κ2) is 7.19. The summed E-state index contributed by atoms with van der Waals surface area (Å²) in [4.78, 5) is 10.1. The van der Waals surface area contributed by atoms with Gasteiger partial charge in [-0.2, -0.15) is 0 Å². The third-order valence-electron chi connectivity index (χ3n) is 6.66. The fourth-order valence-electron chi connectivity index (χ4n) is 4.98. The Hall–Kier alpha value is -2.43. The summed E-state index contributed by atoms with van der Waals surface area (Å²) in [6, 6.07) is 21.5. The van der Waals surface area contributed by atoms with E-state index in [2.05, 4.69) is 88.3 Å². The molecule has 4 nitrogen and oxygen atoms in total. The summed E-state index contributed by atoms with van der Waals surface area (Å²) < 4.78 is 2.47. The highest BCUT2D eigenvalue weighted by molar-refractivity contribution is 5.59. The van der Waals surface area contributed by atoms with Gasteiger partial charge in [0.25, 0.3) is 0 Å². The molecule has 2 aliphatic heterocycles. The molecule has 1 spiro atoms. The number of hydrogen-bond donors (Lipinski definition) is 0. The predicted octanol–water partition coefficient (Wildman–Crippen LogP) is 3.99. The van der Waals surface area contributed by atoms with Crippen molar-refractivity contribution in [3.05, 3.63) is 78.2 Å². The summed E-state index contributed by atoms with van der Waals surface area (Å²) in [5.41, 5.74) is 4.00. The summed E-state index contributed by atoms with van der Waals surface area (Å²) in [7, 11) is 2.28. The van der Waals surface area contributed by atoms with Crippen molar-refractivity contribution in [1.29, 1.82) is 0 Å². The number of imidazole rings is 1. The van der Waals surface area contributed by atoms with E-state index in [0.717, 1.165) is 45.6 Å². The summed E-state index contributed by atoms with van der Waals surface area (Å²) in [5, 5.41) is 0. The fraction of sp³-hybridized carbons (Fsp3) is 0.375. The molecule has 0 bridgehead atoms. The average molecular weight is 373 g/mol. The number of likely N-dealkylation sites (tertiary alicyclic amines) is 1. The van der Waals surface area contributed by atoms with Gasteiger partial charge in [0.05, 0.1) is 17.4 Å². The van der Waals surface area contributed by atoms with Crippen LogP contribution in [0.1, 0.15) is 24.2 Å². The molecule has 0 saturated carbocycles. The van der Waals surface area contributed by atoms with Crippen molar-refractivity contribution in [2.75, 3.05) is 26.7 Å². The molecule has 0 radical (unpaired) electrons. The normalized spacial score (nSPS) is 19.6. The van der Waals surface area contributed by atoms with Crippen LogP contribution in [0.3, 0.4) is 0 Å². The minimum atomic E-state index is 0.0679. The first-order chi connectivity index (χ1) is 13.8. The Morgan fingerprint density at radius 3 is 2.25 bits per heavy atom. The molecule has 1 fully saturated rings. The lowest BCUT2D eigenvalue weighted by molar-refractivity contribution is 0.00700. The Balaban J connectivity index is 1.40. The highest BCUT2D eigenvalue weighted by atomic mass is 15.3. The lowest BCUT2D eigenvalue weighted by Gasteiger charge is -2.49. The van der Waals surface area contributed by atoms with Crippen LogP contribution < -0.4 is 0 Å². The van der Waals surface area contributed by atoms with Crippen molar-refractivity contribution >= 4 is 0 Å². The molecule has 0 unspecified atom stereocenters. The third kappa shape index (κ3) is 2.97. The molecule has 5 rings (SSSR count). The van der Waals surface area contributed by atoms with E-state index < -0.39 is 0 Å². The Morgan fingerprint density at radius 1 is 0.857 bits per heavy atom. The lowest BCUT2D eigenvalue weighted by Crippen LogP contribution is -2.56. The molecule has 2 aliphatic rings. The monoisotopic (exact) mass is 372 g/mol. The van der Waals surface area contributed by atoms with Crippen LogP contribution in [0.5, 0.6) is 0 Å². The lowest BCUT2D eigenvalue weighted by atomic mass is 9.83. The zero-order valence-electron chi connectivity index (χ0n) is 16.6. The molecule has 2 aromatic carbocycles. The van der Waals surface area contributed by atoms with Gasteiger partial charge in [0.15, 0.2) is 0 Å². The Kier molecular flexibility index (Phi) is 4.53. The van der Waals surface area contributed by atoms with Gasteiger partial charge in [-0.3, -0.25) is 9.80 Å². The topological polar surface area (TPSA) is 24.3 Å². The Morgan fingerprint density at radius 2 is 1.54 bits per heavy atom. The number of fused-ring (bicyclic) bond motifs is 2. The summed E-state index contributed by atoms with van der Waals surface area (Å²) in [6.45, 7) is 5.39. The maximum Gasteiger partial charge on any atom is 0.129 e. The van der Waals surface area contributed by atoms with Gasteiger partial charge in [0, 0.05) is 32.7 Å². The van der Waals surface area contributed by atoms with Crippen LogP contribution in [0.2, 0.25) is 0 Å². The molecule has 0 N–H and O–H groups in total. The molecule has 1 aromatic heterocycles. The number of hydrogen-bond acceptors (Lipinski definition) is 3. The molecule has 144 valence electrons. The molecule has 0 amide bonds. The van der Waals surface area contributed by atoms with Crippen LogP contribution in [0, 0.1) is 0 Å². The largest absolute Gasteiger partial charge is 0.325 e. The van der Waals surface area contributed by atoms with Crippen molar-refractivity contribution in [3.63, 3.8) is 0 Å². The zero-order valence-corrected chi connectivity index (χ0v) is 16.6. The Labute approximate surface area is 167 Å². The quantitative estimate of drug-likeness (QED) is 0.695. The van der Waals surface area contributed by atoms with E-state index in [-0.39, 0.29) is 5.54 Å². The Bertz CT molecular complexity index is 924. The summed E-state index contributed by atoms with van der Waals surface area (Å²) in [5.74, 6) is 1.26. The van der Waals surface area contributed by atoms with Gasteiger partial charge in [0.2, 0.25) is 0 Å². The van der Waals surface area contributed by atoms with E-state index in [0.29, 0.717) is 0 Å². The molecule has 1 saturated heterocycles. The maximum atomic E-state index is 4.97. The maximum absolute atomic E-state index is 4.97. The first-order valence-corrected chi connectivity index (χ1v) is 10.4. The van der Waals surface area contributed by atoms with Crippen molar-refractivity contribution in [1.82, 2.24) is 19.4 Å². The van der Waals surface area contributed by atoms with Gasteiger partial charge < -0.3 is 4.57 Å². The van der Waals surface area contributed by atoms with Gasteiger partial charge in [-0.15, -0.1) is 0 Å². The third-order valence-corrected chi connectivity index (χ3v) is 6.66. The minimum Gasteiger partial charge on any atom is -0.325 e. The van der Waals surface area contributed by atoms with E-state index in [4.69, 9.17) is 4.98 Å². The van der Waals surface area contributed by atoms with E-state index in [9.17, 15) is 0 Å². The van der Waals surface area contributed by atoms with E-state index in [1.165, 1.54) is 22.6 Å². The van der Waals surface area contributed by atoms with Gasteiger partial charge in [-0.05, 0) is 31.0 Å². The van der Waals surface area contributed by atoms with Crippen LogP contribution in [-0.2, 0) is 18.6 Å². The van der Waals surface area contributed by atoms with Crippen LogP contribution in [0.4, 0.5) is 0 Å².